The first-order chi connectivity index (χ1) is 6.58. The van der Waals surface area contributed by atoms with Crippen molar-refractivity contribution in [3.8, 4) is 0 Å². The molecule has 0 aliphatic heterocycles. The minimum absolute atomic E-state index is 0. The van der Waals surface area contributed by atoms with Gasteiger partial charge in [0, 0.05) is 4.97 Å². The molecule has 90 valence electrons. The minimum atomic E-state index is -0.388. The van der Waals surface area contributed by atoms with Gasteiger partial charge >= 0.3 is 29.6 Å². The molecule has 0 heterocycles. The van der Waals surface area contributed by atoms with Crippen LogP contribution in [0.15, 0.2) is 5.28 Å². The van der Waals surface area contributed by atoms with Gasteiger partial charge in [0.25, 0.3) is 0 Å². The predicted molar refractivity (Wildman–Crippen MR) is 60.0 cm³/mol. The normalized spacial score (nSPS) is 13.2. The van der Waals surface area contributed by atoms with E-state index < -0.39 is 0 Å². The van der Waals surface area contributed by atoms with Crippen LogP contribution in [0.25, 0.3) is 0 Å². The van der Waals surface area contributed by atoms with Crippen molar-refractivity contribution in [2.24, 2.45) is 10.7 Å². The SMILES string of the molecule is CC(C)(C)CCN(/[N+]([O-])=N/[O-])C(C)(C)C.[Na+]. The topological polar surface area (TPSA) is 64.7 Å². The summed E-state index contributed by atoms with van der Waals surface area (Å²) in [4.78, 5) is 0.145. The third kappa shape index (κ3) is 7.30. The van der Waals surface area contributed by atoms with Gasteiger partial charge in [-0.2, -0.15) is 0 Å². The third-order valence-corrected chi connectivity index (χ3v) is 2.12. The smallest absolute Gasteiger partial charge is 0.737 e. The molecule has 0 bridgehead atoms. The molecule has 5 nitrogen and oxygen atoms in total. The zero-order chi connectivity index (χ0) is 12.3. The summed E-state index contributed by atoms with van der Waals surface area (Å²) in [6, 6.07) is 0. The first-order valence-electron chi connectivity index (χ1n) is 5.16. The summed E-state index contributed by atoms with van der Waals surface area (Å²) in [6.45, 7) is 12.5. The van der Waals surface area contributed by atoms with E-state index in [1.807, 2.05) is 20.8 Å². The second-order valence-electron chi connectivity index (χ2n) is 5.94. The van der Waals surface area contributed by atoms with Crippen LogP contribution in [-0.4, -0.2) is 22.1 Å². The molecule has 6 heteroatoms. The first-order valence-corrected chi connectivity index (χ1v) is 5.16. The maximum absolute atomic E-state index is 11.2. The van der Waals surface area contributed by atoms with Crippen molar-refractivity contribution < 1.29 is 34.5 Å². The molecule has 16 heavy (non-hydrogen) atoms. The van der Waals surface area contributed by atoms with Crippen molar-refractivity contribution in [2.45, 2.75) is 53.5 Å². The minimum Gasteiger partial charge on any atom is -0.737 e. The van der Waals surface area contributed by atoms with Crippen LogP contribution in [0.4, 0.5) is 0 Å². The molecule has 0 saturated heterocycles. The second kappa shape index (κ2) is 6.67. The molecular formula is C10H22N3NaO2. The maximum Gasteiger partial charge on any atom is 1.00 e. The Balaban J connectivity index is 0. The predicted octanol–water partition coefficient (Wildman–Crippen LogP) is -0.0976. The number of hydrazine groups is 1. The molecule has 0 amide bonds. The van der Waals surface area contributed by atoms with Crippen LogP contribution in [0.1, 0.15) is 48.0 Å². The van der Waals surface area contributed by atoms with Gasteiger partial charge in [-0.25, -0.2) is 0 Å². The van der Waals surface area contributed by atoms with E-state index in [1.54, 1.807) is 0 Å². The summed E-state index contributed by atoms with van der Waals surface area (Å²) >= 11 is 0. The van der Waals surface area contributed by atoms with Crippen LogP contribution in [0.5, 0.6) is 0 Å². The summed E-state index contributed by atoms with van der Waals surface area (Å²) in [5, 5.41) is 25.3. The largest absolute Gasteiger partial charge is 1.00 e. The molecule has 0 aliphatic carbocycles. The molecule has 0 unspecified atom stereocenters. The van der Waals surface area contributed by atoms with E-state index in [4.69, 9.17) is 0 Å². The van der Waals surface area contributed by atoms with Gasteiger partial charge in [-0.15, -0.1) is 5.01 Å². The Bertz CT molecular complexity index is 231. The van der Waals surface area contributed by atoms with Gasteiger partial charge < -0.3 is 10.4 Å². The van der Waals surface area contributed by atoms with E-state index in [0.717, 1.165) is 6.42 Å². The van der Waals surface area contributed by atoms with Gasteiger partial charge in [0.15, 0.2) is 0 Å². The van der Waals surface area contributed by atoms with E-state index in [1.165, 1.54) is 5.01 Å². The quantitative estimate of drug-likeness (QED) is 0.299. The van der Waals surface area contributed by atoms with Crippen molar-refractivity contribution in [2.75, 3.05) is 6.54 Å². The molecule has 0 N–H and O–H groups in total. The van der Waals surface area contributed by atoms with Crippen LogP contribution in [0.3, 0.4) is 0 Å². The Morgan fingerprint density at radius 2 is 1.56 bits per heavy atom. The Hall–Kier alpha value is 0. The van der Waals surface area contributed by atoms with Gasteiger partial charge in [-0.1, -0.05) is 20.8 Å². The zero-order valence-electron chi connectivity index (χ0n) is 11.6. The van der Waals surface area contributed by atoms with E-state index in [0.29, 0.717) is 6.54 Å². The summed E-state index contributed by atoms with van der Waals surface area (Å²) < 4.78 is 0. The van der Waals surface area contributed by atoms with Crippen molar-refractivity contribution in [1.29, 1.82) is 0 Å². The Kier molecular flexibility index (Phi) is 7.65. The average molecular weight is 239 g/mol. The Morgan fingerprint density at radius 1 is 1.12 bits per heavy atom. The van der Waals surface area contributed by atoms with Crippen LogP contribution in [-0.2, 0) is 0 Å². The molecule has 0 fully saturated rings. The van der Waals surface area contributed by atoms with E-state index >= 15 is 0 Å². The molecule has 0 aromatic heterocycles. The standard InChI is InChI=1S/C10H23N3O2.Na/c1-9(2,3)7-8-12(10(4,5)6)13(15)11-14;/h14H,7-8H2,1-6H3;/q;+1/p-1/b13-11-;. The van der Waals surface area contributed by atoms with Crippen molar-refractivity contribution >= 4 is 0 Å². The number of hydrogen-bond donors (Lipinski definition) is 0. The summed E-state index contributed by atoms with van der Waals surface area (Å²) in [5.74, 6) is 0. The molecule has 0 radical (unpaired) electrons. The van der Waals surface area contributed by atoms with Crippen LogP contribution in [0.2, 0.25) is 0 Å². The molecule has 0 aliphatic rings. The summed E-state index contributed by atoms with van der Waals surface area (Å²) in [6.07, 6.45) is 0.832. The van der Waals surface area contributed by atoms with Crippen LogP contribution >= 0.6 is 0 Å². The van der Waals surface area contributed by atoms with Crippen LogP contribution < -0.4 is 29.6 Å². The van der Waals surface area contributed by atoms with Crippen molar-refractivity contribution in [3.05, 3.63) is 10.4 Å². The monoisotopic (exact) mass is 239 g/mol. The first kappa shape index (κ1) is 18.4. The zero-order valence-corrected chi connectivity index (χ0v) is 13.6. The van der Waals surface area contributed by atoms with Gasteiger partial charge in [0.05, 0.1) is 12.1 Å². The summed E-state index contributed by atoms with van der Waals surface area (Å²) in [5.41, 5.74) is -0.256. The fourth-order valence-electron chi connectivity index (χ4n) is 1.16. The molecule has 0 atom stereocenters. The van der Waals surface area contributed by atoms with Crippen molar-refractivity contribution in [3.63, 3.8) is 0 Å². The maximum atomic E-state index is 11.2. The van der Waals surface area contributed by atoms with Gasteiger partial charge in [0.1, 0.15) is 0 Å². The molecule has 0 aromatic carbocycles. The number of hydrogen-bond acceptors (Lipinski definition) is 3. The van der Waals surface area contributed by atoms with E-state index in [2.05, 4.69) is 26.0 Å². The van der Waals surface area contributed by atoms with Crippen molar-refractivity contribution in [1.82, 2.24) is 5.01 Å². The molecular weight excluding hydrogens is 217 g/mol. The van der Waals surface area contributed by atoms with Crippen LogP contribution in [0, 0.1) is 15.8 Å². The number of nitrogens with zero attached hydrogens (tertiary/aromatic N) is 3. The number of rotatable bonds is 3. The third-order valence-electron chi connectivity index (χ3n) is 2.12. The van der Waals surface area contributed by atoms with Gasteiger partial charge in [0.2, 0.25) is 0 Å². The molecule has 0 aromatic rings. The van der Waals surface area contributed by atoms with Gasteiger partial charge in [-0.05, 0) is 37.9 Å². The Labute approximate surface area is 120 Å². The Morgan fingerprint density at radius 3 is 1.81 bits per heavy atom. The summed E-state index contributed by atoms with van der Waals surface area (Å²) in [7, 11) is 0. The van der Waals surface area contributed by atoms with Gasteiger partial charge in [-0.3, -0.25) is 0 Å². The van der Waals surface area contributed by atoms with E-state index in [9.17, 15) is 10.4 Å². The average Bonchev–Trinajstić information content (AvgIpc) is 1.99. The molecule has 0 rings (SSSR count). The molecule has 0 spiro atoms. The fraction of sp³-hybridized carbons (Fsp3) is 1.00. The fourth-order valence-corrected chi connectivity index (χ4v) is 1.16. The van der Waals surface area contributed by atoms with E-state index in [-0.39, 0.29) is 45.5 Å². The molecule has 0 saturated carbocycles. The second-order valence-corrected chi connectivity index (χ2v) is 5.94.